The number of nitrogens with one attached hydrogen (secondary N) is 1. The van der Waals surface area contributed by atoms with E-state index < -0.39 is 0 Å². The van der Waals surface area contributed by atoms with E-state index >= 15 is 0 Å². The van der Waals surface area contributed by atoms with Gasteiger partial charge >= 0.3 is 0 Å². The van der Waals surface area contributed by atoms with E-state index in [1.54, 1.807) is 0 Å². The molecule has 1 aromatic heterocycles. The number of anilines is 1. The Morgan fingerprint density at radius 1 is 1.37 bits per heavy atom. The summed E-state index contributed by atoms with van der Waals surface area (Å²) in [6, 6.07) is 0.599. The second-order valence-corrected chi connectivity index (χ2v) is 5.48. The first-order valence-electron chi connectivity index (χ1n) is 7.77. The Bertz CT molecular complexity index is 383. The number of hydrogen-bond donors (Lipinski definition) is 1. The van der Waals surface area contributed by atoms with Crippen molar-refractivity contribution in [3.8, 4) is 0 Å². The van der Waals surface area contributed by atoms with Gasteiger partial charge in [0.1, 0.15) is 0 Å². The lowest BCUT2D eigenvalue weighted by Gasteiger charge is -2.36. The molecular weight excluding hydrogens is 236 g/mol. The van der Waals surface area contributed by atoms with E-state index in [9.17, 15) is 0 Å². The molecular formula is C15H28N4. The molecule has 0 aromatic carbocycles. The third kappa shape index (κ3) is 3.30. The zero-order valence-corrected chi connectivity index (χ0v) is 12.7. The largest absolute Gasteiger partial charge is 0.338 e. The van der Waals surface area contributed by atoms with Gasteiger partial charge in [0.15, 0.2) is 0 Å². The molecule has 0 spiro atoms. The number of aromatic nitrogens is 2. The van der Waals surface area contributed by atoms with Crippen LogP contribution in [0.3, 0.4) is 0 Å². The van der Waals surface area contributed by atoms with Gasteiger partial charge in [-0.25, -0.2) is 4.98 Å². The Labute approximate surface area is 117 Å². The van der Waals surface area contributed by atoms with Crippen molar-refractivity contribution in [2.45, 2.75) is 58.5 Å². The van der Waals surface area contributed by atoms with Crippen LogP contribution in [-0.4, -0.2) is 35.7 Å². The molecule has 0 saturated carbocycles. The topological polar surface area (TPSA) is 33.1 Å². The third-order valence-corrected chi connectivity index (χ3v) is 3.96. The molecule has 0 radical (unpaired) electrons. The van der Waals surface area contributed by atoms with Crippen molar-refractivity contribution in [2.75, 3.05) is 25.0 Å². The highest BCUT2D eigenvalue weighted by Crippen LogP contribution is 2.24. The van der Waals surface area contributed by atoms with Crippen LogP contribution in [0.5, 0.6) is 0 Å². The lowest BCUT2D eigenvalue weighted by Crippen LogP contribution is -2.46. The van der Waals surface area contributed by atoms with Crippen LogP contribution in [0, 0.1) is 0 Å². The van der Waals surface area contributed by atoms with Crippen LogP contribution in [0.15, 0.2) is 6.20 Å². The Kier molecular flexibility index (Phi) is 5.25. The van der Waals surface area contributed by atoms with Crippen molar-refractivity contribution in [3.05, 3.63) is 11.9 Å². The lowest BCUT2D eigenvalue weighted by molar-refractivity contribution is 0.433. The molecule has 1 N–H and O–H groups in total. The first-order chi connectivity index (χ1) is 9.30. The number of nitrogens with zero attached hydrogens (tertiary/aromatic N) is 3. The van der Waals surface area contributed by atoms with Gasteiger partial charge in [-0.15, -0.1) is 0 Å². The van der Waals surface area contributed by atoms with Crippen LogP contribution in [0.1, 0.15) is 45.2 Å². The molecule has 1 aliphatic rings. The second kappa shape index (κ2) is 6.94. The molecule has 1 saturated heterocycles. The van der Waals surface area contributed by atoms with Gasteiger partial charge in [0, 0.05) is 31.9 Å². The van der Waals surface area contributed by atoms with Gasteiger partial charge in [-0.1, -0.05) is 13.8 Å². The van der Waals surface area contributed by atoms with Crippen LogP contribution < -0.4 is 10.2 Å². The maximum absolute atomic E-state index is 4.86. The standard InChI is InChI=1S/C15H28N4/c1-4-9-18-12-13(5-2)17-15(18)19-10-7-6-8-14(19)11-16-3/h12,14,16H,4-11H2,1-3H3. The summed E-state index contributed by atoms with van der Waals surface area (Å²) >= 11 is 0. The molecule has 1 aromatic rings. The predicted octanol–water partition coefficient (Wildman–Crippen LogP) is 2.43. The zero-order chi connectivity index (χ0) is 13.7. The van der Waals surface area contributed by atoms with E-state index in [2.05, 4.69) is 34.8 Å². The quantitative estimate of drug-likeness (QED) is 0.856. The van der Waals surface area contributed by atoms with Crippen molar-refractivity contribution < 1.29 is 0 Å². The molecule has 1 aliphatic heterocycles. The van der Waals surface area contributed by atoms with E-state index in [1.807, 2.05) is 7.05 Å². The van der Waals surface area contributed by atoms with Crippen molar-refractivity contribution in [1.82, 2.24) is 14.9 Å². The van der Waals surface area contributed by atoms with E-state index in [1.165, 1.54) is 30.9 Å². The van der Waals surface area contributed by atoms with Crippen molar-refractivity contribution in [2.24, 2.45) is 0 Å². The Morgan fingerprint density at radius 2 is 2.21 bits per heavy atom. The van der Waals surface area contributed by atoms with Gasteiger partial charge in [-0.2, -0.15) is 0 Å². The highest BCUT2D eigenvalue weighted by atomic mass is 15.3. The smallest absolute Gasteiger partial charge is 0.206 e. The van der Waals surface area contributed by atoms with E-state index in [-0.39, 0.29) is 0 Å². The number of rotatable bonds is 6. The number of hydrogen-bond acceptors (Lipinski definition) is 3. The number of piperidine rings is 1. The predicted molar refractivity (Wildman–Crippen MR) is 80.8 cm³/mol. The highest BCUT2D eigenvalue weighted by Gasteiger charge is 2.25. The molecule has 0 bridgehead atoms. The minimum absolute atomic E-state index is 0.599. The number of imidazole rings is 1. The van der Waals surface area contributed by atoms with Gasteiger partial charge in [-0.05, 0) is 39.2 Å². The van der Waals surface area contributed by atoms with Gasteiger partial charge < -0.3 is 14.8 Å². The molecule has 19 heavy (non-hydrogen) atoms. The van der Waals surface area contributed by atoms with Crippen LogP contribution in [-0.2, 0) is 13.0 Å². The third-order valence-electron chi connectivity index (χ3n) is 3.96. The minimum Gasteiger partial charge on any atom is -0.338 e. The van der Waals surface area contributed by atoms with Gasteiger partial charge in [0.05, 0.1) is 5.69 Å². The molecule has 0 aliphatic carbocycles. The molecule has 4 heteroatoms. The molecule has 4 nitrogen and oxygen atoms in total. The van der Waals surface area contributed by atoms with Gasteiger partial charge in [0.2, 0.25) is 5.95 Å². The molecule has 1 unspecified atom stereocenters. The second-order valence-electron chi connectivity index (χ2n) is 5.48. The summed E-state index contributed by atoms with van der Waals surface area (Å²) < 4.78 is 2.35. The van der Waals surface area contributed by atoms with Gasteiger partial charge in [-0.3, -0.25) is 0 Å². The van der Waals surface area contributed by atoms with Crippen molar-refractivity contribution in [1.29, 1.82) is 0 Å². The lowest BCUT2D eigenvalue weighted by atomic mass is 10.0. The first-order valence-corrected chi connectivity index (χ1v) is 7.77. The van der Waals surface area contributed by atoms with Crippen LogP contribution in [0.4, 0.5) is 5.95 Å². The highest BCUT2D eigenvalue weighted by molar-refractivity contribution is 5.36. The summed E-state index contributed by atoms with van der Waals surface area (Å²) in [6.07, 6.45) is 8.34. The molecule has 1 atom stereocenters. The average molecular weight is 264 g/mol. The maximum atomic E-state index is 4.86. The van der Waals surface area contributed by atoms with Crippen molar-refractivity contribution in [3.63, 3.8) is 0 Å². The molecule has 1 fully saturated rings. The van der Waals surface area contributed by atoms with Crippen molar-refractivity contribution >= 4 is 5.95 Å². The fraction of sp³-hybridized carbons (Fsp3) is 0.800. The molecule has 2 heterocycles. The first kappa shape index (κ1) is 14.4. The zero-order valence-electron chi connectivity index (χ0n) is 12.7. The summed E-state index contributed by atoms with van der Waals surface area (Å²) in [5, 5.41) is 3.33. The fourth-order valence-corrected chi connectivity index (χ4v) is 2.98. The number of aryl methyl sites for hydroxylation is 2. The maximum Gasteiger partial charge on any atom is 0.206 e. The SMILES string of the molecule is CCCn1cc(CC)nc1N1CCCCC1CNC. The molecule has 0 amide bonds. The van der Waals surface area contributed by atoms with Crippen LogP contribution in [0.25, 0.3) is 0 Å². The summed E-state index contributed by atoms with van der Waals surface area (Å²) in [6.45, 7) is 7.70. The van der Waals surface area contributed by atoms with E-state index in [0.717, 1.165) is 32.5 Å². The number of likely N-dealkylation sites (N-methyl/N-ethyl adjacent to an activating group) is 1. The average Bonchev–Trinajstić information content (AvgIpc) is 2.83. The van der Waals surface area contributed by atoms with Crippen LogP contribution >= 0.6 is 0 Å². The van der Waals surface area contributed by atoms with E-state index in [4.69, 9.17) is 4.98 Å². The fourth-order valence-electron chi connectivity index (χ4n) is 2.98. The van der Waals surface area contributed by atoms with E-state index in [0.29, 0.717) is 6.04 Å². The minimum atomic E-state index is 0.599. The summed E-state index contributed by atoms with van der Waals surface area (Å²) in [7, 11) is 2.04. The Morgan fingerprint density at radius 3 is 2.89 bits per heavy atom. The Balaban J connectivity index is 2.23. The molecule has 2 rings (SSSR count). The monoisotopic (exact) mass is 264 g/mol. The Hall–Kier alpha value is -1.03. The van der Waals surface area contributed by atoms with Crippen LogP contribution in [0.2, 0.25) is 0 Å². The summed E-state index contributed by atoms with van der Waals surface area (Å²) in [5.41, 5.74) is 1.22. The van der Waals surface area contributed by atoms with Gasteiger partial charge in [0.25, 0.3) is 0 Å². The summed E-state index contributed by atoms with van der Waals surface area (Å²) in [5.74, 6) is 1.19. The summed E-state index contributed by atoms with van der Waals surface area (Å²) in [4.78, 5) is 7.39. The normalized spacial score (nSPS) is 19.9. The molecule has 108 valence electrons.